The topological polar surface area (TPSA) is 24.1 Å². The van der Waals surface area contributed by atoms with Crippen molar-refractivity contribution in [2.24, 2.45) is 0 Å². The highest BCUT2D eigenvalue weighted by atomic mass is 35.5. The Kier molecular flexibility index (Phi) is 4.75. The number of halogens is 4. The molecular weight excluding hydrogens is 325 g/mol. The predicted octanol–water partition coefficient (Wildman–Crippen LogP) is 5.08. The second-order valence-corrected chi connectivity index (χ2v) is 5.00. The van der Waals surface area contributed by atoms with Crippen molar-refractivity contribution < 1.29 is 8.78 Å². The number of anilines is 2. The van der Waals surface area contributed by atoms with Crippen LogP contribution in [0.25, 0.3) is 0 Å². The van der Waals surface area contributed by atoms with Crippen LogP contribution in [0.2, 0.25) is 10.0 Å². The van der Waals surface area contributed by atoms with E-state index < -0.39 is 11.6 Å². The van der Waals surface area contributed by atoms with Crippen molar-refractivity contribution in [3.63, 3.8) is 0 Å². The van der Waals surface area contributed by atoms with Crippen molar-refractivity contribution in [3.05, 3.63) is 58.1 Å². The highest BCUT2D eigenvalue weighted by Gasteiger charge is 2.07. The summed E-state index contributed by atoms with van der Waals surface area (Å²) in [6.07, 6.45) is 0. The molecule has 2 aromatic carbocycles. The highest BCUT2D eigenvalue weighted by molar-refractivity contribution is 7.80. The van der Waals surface area contributed by atoms with Crippen LogP contribution >= 0.6 is 35.4 Å². The van der Waals surface area contributed by atoms with E-state index in [1.165, 1.54) is 6.07 Å². The first-order valence-electron chi connectivity index (χ1n) is 5.44. The SMILES string of the molecule is Fc1ccc(NC(=S)Nc2cccc(Cl)c2Cl)cc1F. The van der Waals surface area contributed by atoms with Gasteiger partial charge in [0.05, 0.1) is 15.7 Å². The molecule has 2 N–H and O–H groups in total. The van der Waals surface area contributed by atoms with Gasteiger partial charge < -0.3 is 10.6 Å². The Hall–Kier alpha value is -1.43. The van der Waals surface area contributed by atoms with E-state index in [-0.39, 0.29) is 5.11 Å². The molecule has 2 nitrogen and oxygen atoms in total. The van der Waals surface area contributed by atoms with Crippen LogP contribution in [-0.2, 0) is 0 Å². The van der Waals surface area contributed by atoms with E-state index in [2.05, 4.69) is 10.6 Å². The molecule has 0 saturated heterocycles. The van der Waals surface area contributed by atoms with E-state index >= 15 is 0 Å². The predicted molar refractivity (Wildman–Crippen MR) is 82.7 cm³/mol. The van der Waals surface area contributed by atoms with Crippen LogP contribution in [0.5, 0.6) is 0 Å². The minimum Gasteiger partial charge on any atom is -0.332 e. The molecule has 0 aliphatic carbocycles. The fourth-order valence-corrected chi connectivity index (χ4v) is 2.03. The Labute approximate surface area is 129 Å². The molecule has 0 spiro atoms. The third kappa shape index (κ3) is 3.56. The lowest BCUT2D eigenvalue weighted by molar-refractivity contribution is 0.509. The molecule has 0 fully saturated rings. The lowest BCUT2D eigenvalue weighted by Crippen LogP contribution is -2.19. The molecule has 0 aliphatic heterocycles. The van der Waals surface area contributed by atoms with Crippen LogP contribution < -0.4 is 10.6 Å². The first-order chi connectivity index (χ1) is 9.47. The average Bonchev–Trinajstić information content (AvgIpc) is 2.39. The Morgan fingerprint density at radius 3 is 2.45 bits per heavy atom. The fraction of sp³-hybridized carbons (Fsp3) is 0. The van der Waals surface area contributed by atoms with E-state index in [1.807, 2.05) is 0 Å². The average molecular weight is 333 g/mol. The summed E-state index contributed by atoms with van der Waals surface area (Å²) in [5.41, 5.74) is 0.832. The molecule has 0 aliphatic rings. The van der Waals surface area contributed by atoms with Gasteiger partial charge in [0, 0.05) is 11.8 Å². The van der Waals surface area contributed by atoms with Crippen LogP contribution in [0.15, 0.2) is 36.4 Å². The maximum Gasteiger partial charge on any atom is 0.175 e. The van der Waals surface area contributed by atoms with Gasteiger partial charge in [-0.05, 0) is 36.5 Å². The summed E-state index contributed by atoms with van der Waals surface area (Å²) in [5, 5.41) is 6.42. The molecule has 2 rings (SSSR count). The maximum atomic E-state index is 13.1. The Morgan fingerprint density at radius 2 is 1.75 bits per heavy atom. The monoisotopic (exact) mass is 332 g/mol. The molecule has 7 heteroatoms. The van der Waals surface area contributed by atoms with E-state index in [0.29, 0.717) is 21.4 Å². The van der Waals surface area contributed by atoms with Crippen LogP contribution in [0.1, 0.15) is 0 Å². The van der Waals surface area contributed by atoms with Gasteiger partial charge in [0.25, 0.3) is 0 Å². The van der Waals surface area contributed by atoms with E-state index in [9.17, 15) is 8.78 Å². The van der Waals surface area contributed by atoms with Crippen LogP contribution in [0.4, 0.5) is 20.2 Å². The normalized spacial score (nSPS) is 10.2. The number of benzene rings is 2. The minimum absolute atomic E-state index is 0.181. The van der Waals surface area contributed by atoms with Gasteiger partial charge in [-0.25, -0.2) is 8.78 Å². The van der Waals surface area contributed by atoms with Crippen molar-refractivity contribution >= 4 is 51.9 Å². The van der Waals surface area contributed by atoms with Gasteiger partial charge in [-0.3, -0.25) is 0 Å². The molecule has 2 aromatic rings. The lowest BCUT2D eigenvalue weighted by atomic mass is 10.3. The molecule has 20 heavy (non-hydrogen) atoms. The number of hydrogen-bond acceptors (Lipinski definition) is 1. The molecule has 104 valence electrons. The van der Waals surface area contributed by atoms with Crippen molar-refractivity contribution in [2.75, 3.05) is 10.6 Å². The molecule has 0 bridgehead atoms. The first-order valence-corrected chi connectivity index (χ1v) is 6.61. The molecule has 0 radical (unpaired) electrons. The van der Waals surface area contributed by atoms with Gasteiger partial charge in [0.1, 0.15) is 0 Å². The zero-order valence-electron chi connectivity index (χ0n) is 9.88. The fourth-order valence-electron chi connectivity index (χ4n) is 1.46. The van der Waals surface area contributed by atoms with E-state index in [1.54, 1.807) is 18.2 Å². The quantitative estimate of drug-likeness (QED) is 0.750. The van der Waals surface area contributed by atoms with Crippen molar-refractivity contribution in [2.45, 2.75) is 0 Å². The summed E-state index contributed by atoms with van der Waals surface area (Å²) in [6.45, 7) is 0. The zero-order valence-corrected chi connectivity index (χ0v) is 12.2. The van der Waals surface area contributed by atoms with Gasteiger partial charge in [-0.1, -0.05) is 29.3 Å². The number of hydrogen-bond donors (Lipinski definition) is 2. The van der Waals surface area contributed by atoms with Gasteiger partial charge in [0.15, 0.2) is 16.7 Å². The summed E-state index contributed by atoms with van der Waals surface area (Å²) in [5.74, 6) is -1.88. The van der Waals surface area contributed by atoms with Gasteiger partial charge >= 0.3 is 0 Å². The van der Waals surface area contributed by atoms with Gasteiger partial charge in [0.2, 0.25) is 0 Å². The van der Waals surface area contributed by atoms with Gasteiger partial charge in [-0.2, -0.15) is 0 Å². The number of nitrogens with one attached hydrogen (secondary N) is 2. The summed E-state index contributed by atoms with van der Waals surface area (Å²) < 4.78 is 25.9. The van der Waals surface area contributed by atoms with E-state index in [4.69, 9.17) is 35.4 Å². The number of thiocarbonyl (C=S) groups is 1. The lowest BCUT2D eigenvalue weighted by Gasteiger charge is -2.12. The van der Waals surface area contributed by atoms with Crippen molar-refractivity contribution in [1.29, 1.82) is 0 Å². The smallest absolute Gasteiger partial charge is 0.175 e. The molecule has 0 atom stereocenters. The summed E-state index contributed by atoms with van der Waals surface area (Å²) in [4.78, 5) is 0. The van der Waals surface area contributed by atoms with Crippen LogP contribution in [0, 0.1) is 11.6 Å². The third-order valence-electron chi connectivity index (χ3n) is 2.38. The van der Waals surface area contributed by atoms with E-state index in [0.717, 1.165) is 12.1 Å². The molecule has 0 aromatic heterocycles. The van der Waals surface area contributed by atoms with Crippen molar-refractivity contribution in [1.82, 2.24) is 0 Å². The zero-order chi connectivity index (χ0) is 14.7. The first kappa shape index (κ1) is 15.0. The second-order valence-electron chi connectivity index (χ2n) is 3.81. The largest absolute Gasteiger partial charge is 0.332 e. The Morgan fingerprint density at radius 1 is 1.00 bits per heavy atom. The number of rotatable bonds is 2. The molecule has 0 saturated carbocycles. The standard InChI is InChI=1S/C13H8Cl2F2N2S/c14-8-2-1-3-11(12(8)15)19-13(20)18-7-4-5-9(16)10(17)6-7/h1-6H,(H2,18,19,20). The summed E-state index contributed by atoms with van der Waals surface area (Å²) >= 11 is 16.9. The van der Waals surface area contributed by atoms with Crippen LogP contribution in [-0.4, -0.2) is 5.11 Å². The maximum absolute atomic E-state index is 13.1. The summed E-state index contributed by atoms with van der Waals surface area (Å²) in [6, 6.07) is 8.41. The minimum atomic E-state index is -0.960. The van der Waals surface area contributed by atoms with Crippen LogP contribution in [0.3, 0.4) is 0 Å². The molecular formula is C13H8Cl2F2N2S. The Bertz CT molecular complexity index is 665. The molecule has 0 amide bonds. The Balaban J connectivity index is 2.09. The highest BCUT2D eigenvalue weighted by Crippen LogP contribution is 2.29. The molecule has 0 heterocycles. The van der Waals surface area contributed by atoms with Gasteiger partial charge in [-0.15, -0.1) is 0 Å². The summed E-state index contributed by atoms with van der Waals surface area (Å²) in [7, 11) is 0. The van der Waals surface area contributed by atoms with Crippen molar-refractivity contribution in [3.8, 4) is 0 Å². The third-order valence-corrected chi connectivity index (χ3v) is 3.40. The molecule has 0 unspecified atom stereocenters. The second kappa shape index (κ2) is 6.35.